The summed E-state index contributed by atoms with van der Waals surface area (Å²) in [5, 5.41) is 7.26. The minimum absolute atomic E-state index is 0.0421. The maximum absolute atomic E-state index is 12.5. The van der Waals surface area contributed by atoms with E-state index in [0.29, 0.717) is 6.54 Å². The molecule has 1 amide bonds. The number of anilines is 1. The molecule has 1 atom stereocenters. The van der Waals surface area contributed by atoms with E-state index in [2.05, 4.69) is 52.4 Å². The van der Waals surface area contributed by atoms with Gasteiger partial charge >= 0.3 is 0 Å². The molecule has 0 bridgehead atoms. The zero-order valence-corrected chi connectivity index (χ0v) is 15.5. The highest BCUT2D eigenvalue weighted by Gasteiger charge is 2.20. The number of amides is 1. The zero-order chi connectivity index (χ0) is 17.8. The molecule has 0 fully saturated rings. The van der Waals surface area contributed by atoms with Crippen molar-refractivity contribution in [1.82, 2.24) is 0 Å². The van der Waals surface area contributed by atoms with E-state index in [-0.39, 0.29) is 11.9 Å². The van der Waals surface area contributed by atoms with Gasteiger partial charge in [0.15, 0.2) is 6.54 Å². The minimum Gasteiger partial charge on any atom is -0.328 e. The topological polar surface area (TPSA) is 45.7 Å². The highest BCUT2D eigenvalue weighted by atomic mass is 32.1. The lowest BCUT2D eigenvalue weighted by molar-refractivity contribution is -0.675. The number of nitrogens with two attached hydrogens (primary N) is 1. The van der Waals surface area contributed by atoms with Gasteiger partial charge in [-0.2, -0.15) is 0 Å². The van der Waals surface area contributed by atoms with Crippen LogP contribution in [0, 0.1) is 0 Å². The van der Waals surface area contributed by atoms with Crippen LogP contribution in [0.4, 0.5) is 5.69 Å². The molecule has 4 rings (SSSR count). The van der Waals surface area contributed by atoms with Crippen molar-refractivity contribution in [2.45, 2.75) is 25.3 Å². The van der Waals surface area contributed by atoms with E-state index >= 15 is 0 Å². The molecule has 0 spiro atoms. The van der Waals surface area contributed by atoms with Crippen molar-refractivity contribution in [3.8, 4) is 0 Å². The fourth-order valence-electron chi connectivity index (χ4n) is 3.63. The Morgan fingerprint density at radius 2 is 1.88 bits per heavy atom. The standard InChI is InChI=1S/C22H22N2OS/c25-21(24-19-12-11-16-8-4-9-18(16)14-19)15-23-22(20-10-5-13-26-20)17-6-2-1-3-7-17/h1-3,5-7,10-14,22-23H,4,8-9,15H2,(H,24,25)/p+1/t22-/m0/s1. The van der Waals surface area contributed by atoms with Gasteiger partial charge in [-0.25, -0.2) is 0 Å². The van der Waals surface area contributed by atoms with E-state index in [1.165, 1.54) is 28.0 Å². The monoisotopic (exact) mass is 363 g/mol. The maximum Gasteiger partial charge on any atom is 0.279 e. The molecule has 1 aliphatic rings. The van der Waals surface area contributed by atoms with Crippen LogP contribution in [0.2, 0.25) is 0 Å². The molecule has 0 radical (unpaired) electrons. The van der Waals surface area contributed by atoms with Gasteiger partial charge in [0.25, 0.3) is 5.91 Å². The van der Waals surface area contributed by atoms with Crippen molar-refractivity contribution in [3.05, 3.63) is 87.6 Å². The largest absolute Gasteiger partial charge is 0.328 e. The number of benzene rings is 2. The first-order valence-electron chi connectivity index (χ1n) is 9.13. The van der Waals surface area contributed by atoms with Crippen molar-refractivity contribution in [3.63, 3.8) is 0 Å². The smallest absolute Gasteiger partial charge is 0.279 e. The number of carbonyl (C=O) groups excluding carboxylic acids is 1. The quantitative estimate of drug-likeness (QED) is 0.691. The lowest BCUT2D eigenvalue weighted by atomic mass is 10.1. The van der Waals surface area contributed by atoms with Crippen LogP contribution in [0.15, 0.2) is 66.0 Å². The van der Waals surface area contributed by atoms with Crippen LogP contribution < -0.4 is 10.6 Å². The molecule has 0 saturated carbocycles. The SMILES string of the molecule is O=C(C[NH2+][C@@H](c1ccccc1)c1cccs1)Nc1ccc2c(c1)CCC2. The van der Waals surface area contributed by atoms with Crippen LogP contribution in [-0.4, -0.2) is 12.5 Å². The molecule has 3 N–H and O–H groups in total. The first-order chi connectivity index (χ1) is 12.8. The normalized spacial score (nSPS) is 14.0. The molecule has 1 aliphatic carbocycles. The van der Waals surface area contributed by atoms with Crippen LogP contribution in [0.3, 0.4) is 0 Å². The second-order valence-electron chi connectivity index (χ2n) is 6.73. The predicted octanol–water partition coefficient (Wildman–Crippen LogP) is 3.53. The third-order valence-electron chi connectivity index (χ3n) is 4.93. The van der Waals surface area contributed by atoms with E-state index < -0.39 is 0 Å². The Kier molecular flexibility index (Phi) is 5.14. The van der Waals surface area contributed by atoms with Gasteiger partial charge in [0.05, 0.1) is 4.88 Å². The van der Waals surface area contributed by atoms with Gasteiger partial charge in [0.1, 0.15) is 6.04 Å². The maximum atomic E-state index is 12.5. The fourth-order valence-corrected chi connectivity index (χ4v) is 4.48. The highest BCUT2D eigenvalue weighted by Crippen LogP contribution is 2.25. The molecule has 0 saturated heterocycles. The molecule has 2 aromatic carbocycles. The summed E-state index contributed by atoms with van der Waals surface area (Å²) in [6.07, 6.45) is 3.51. The molecule has 0 unspecified atom stereocenters. The molecule has 3 nitrogen and oxygen atoms in total. The molecule has 1 aromatic heterocycles. The summed E-state index contributed by atoms with van der Waals surface area (Å²) in [6.45, 7) is 0.397. The molecule has 26 heavy (non-hydrogen) atoms. The van der Waals surface area contributed by atoms with Crippen molar-refractivity contribution in [2.24, 2.45) is 0 Å². The second-order valence-corrected chi connectivity index (χ2v) is 7.71. The summed E-state index contributed by atoms with van der Waals surface area (Å²) in [5.74, 6) is 0.0421. The Labute approximate surface area is 158 Å². The molecule has 1 heterocycles. The zero-order valence-electron chi connectivity index (χ0n) is 14.7. The number of hydrogen-bond donors (Lipinski definition) is 2. The van der Waals surface area contributed by atoms with Gasteiger partial charge in [-0.1, -0.05) is 42.5 Å². The first-order valence-corrected chi connectivity index (χ1v) is 10.0. The molecular formula is C22H23N2OS+. The molecule has 0 aliphatic heterocycles. The second kappa shape index (κ2) is 7.85. The van der Waals surface area contributed by atoms with E-state index in [9.17, 15) is 4.79 Å². The Morgan fingerprint density at radius 3 is 2.69 bits per heavy atom. The number of hydrogen-bond acceptors (Lipinski definition) is 2. The van der Waals surface area contributed by atoms with E-state index in [1.807, 2.05) is 24.3 Å². The Hall–Kier alpha value is -2.43. The summed E-state index contributed by atoms with van der Waals surface area (Å²) in [5.41, 5.74) is 4.95. The van der Waals surface area contributed by atoms with E-state index in [1.54, 1.807) is 11.3 Å². The van der Waals surface area contributed by atoms with E-state index in [4.69, 9.17) is 0 Å². The Bertz CT molecular complexity index is 874. The summed E-state index contributed by atoms with van der Waals surface area (Å²) >= 11 is 1.73. The molecule has 4 heteroatoms. The first kappa shape index (κ1) is 17.0. The molecular weight excluding hydrogens is 340 g/mol. The van der Waals surface area contributed by atoms with Crippen LogP contribution in [0.25, 0.3) is 0 Å². The Balaban J connectivity index is 1.42. The van der Waals surface area contributed by atoms with Gasteiger partial charge in [-0.05, 0) is 54.0 Å². The van der Waals surface area contributed by atoms with Crippen LogP contribution in [0.1, 0.15) is 34.0 Å². The predicted molar refractivity (Wildman–Crippen MR) is 106 cm³/mol. The lowest BCUT2D eigenvalue weighted by Crippen LogP contribution is -2.87. The van der Waals surface area contributed by atoms with Gasteiger partial charge in [-0.15, -0.1) is 11.3 Å². The average Bonchev–Trinajstić information content (AvgIpc) is 3.34. The van der Waals surface area contributed by atoms with Gasteiger partial charge in [-0.3, -0.25) is 4.79 Å². The van der Waals surface area contributed by atoms with Crippen LogP contribution in [-0.2, 0) is 17.6 Å². The number of fused-ring (bicyclic) bond motifs is 1. The van der Waals surface area contributed by atoms with E-state index in [0.717, 1.165) is 18.5 Å². The molecule has 3 aromatic rings. The number of aryl methyl sites for hydroxylation is 2. The number of carbonyl (C=O) groups is 1. The van der Waals surface area contributed by atoms with Crippen molar-refractivity contribution in [2.75, 3.05) is 11.9 Å². The molecule has 132 valence electrons. The van der Waals surface area contributed by atoms with Crippen LogP contribution in [0.5, 0.6) is 0 Å². The number of nitrogens with one attached hydrogen (secondary N) is 1. The fraction of sp³-hybridized carbons (Fsp3) is 0.227. The Morgan fingerprint density at radius 1 is 1.04 bits per heavy atom. The highest BCUT2D eigenvalue weighted by molar-refractivity contribution is 7.10. The lowest BCUT2D eigenvalue weighted by Gasteiger charge is -2.15. The van der Waals surface area contributed by atoms with Crippen LogP contribution >= 0.6 is 11.3 Å². The number of rotatable bonds is 6. The summed E-state index contributed by atoms with van der Waals surface area (Å²) in [6, 6.07) is 21.0. The minimum atomic E-state index is 0.0421. The summed E-state index contributed by atoms with van der Waals surface area (Å²) in [7, 11) is 0. The third-order valence-corrected chi connectivity index (χ3v) is 5.88. The van der Waals surface area contributed by atoms with Gasteiger partial charge in [0.2, 0.25) is 0 Å². The van der Waals surface area contributed by atoms with Gasteiger partial charge < -0.3 is 10.6 Å². The van der Waals surface area contributed by atoms with Crippen molar-refractivity contribution < 1.29 is 10.1 Å². The van der Waals surface area contributed by atoms with Crippen molar-refractivity contribution >= 4 is 22.9 Å². The van der Waals surface area contributed by atoms with Gasteiger partial charge in [0, 0.05) is 11.3 Å². The summed E-state index contributed by atoms with van der Waals surface area (Å²) in [4.78, 5) is 13.7. The van der Waals surface area contributed by atoms with Crippen molar-refractivity contribution in [1.29, 1.82) is 0 Å². The average molecular weight is 364 g/mol. The third kappa shape index (κ3) is 3.87. The number of quaternary nitrogens is 1. The summed E-state index contributed by atoms with van der Waals surface area (Å²) < 4.78 is 0. The number of thiophene rings is 1.